The van der Waals surface area contributed by atoms with Gasteiger partial charge in [0.15, 0.2) is 10.9 Å². The monoisotopic (exact) mass is 461 g/mol. The zero-order valence-corrected chi connectivity index (χ0v) is 20.1. The number of ketones is 1. The number of Topliss-reactive ketones (excluding diaryl/α,β-unsaturated/α-hetero) is 1. The molecule has 1 aromatic heterocycles. The van der Waals surface area contributed by atoms with Gasteiger partial charge in [-0.1, -0.05) is 36.5 Å². The van der Waals surface area contributed by atoms with Crippen LogP contribution in [-0.4, -0.2) is 47.8 Å². The molecular weight excluding hydrogens is 430 g/mol. The molecule has 0 radical (unpaired) electrons. The second-order valence-electron chi connectivity index (χ2n) is 9.13. The van der Waals surface area contributed by atoms with Crippen LogP contribution < -0.4 is 4.90 Å². The Labute approximate surface area is 199 Å². The minimum Gasteiger partial charge on any atom is -0.345 e. The van der Waals surface area contributed by atoms with Gasteiger partial charge in [-0.15, -0.1) is 0 Å². The summed E-state index contributed by atoms with van der Waals surface area (Å²) in [5.74, 6) is 0.161. The van der Waals surface area contributed by atoms with E-state index in [1.54, 1.807) is 11.3 Å². The van der Waals surface area contributed by atoms with E-state index < -0.39 is 0 Å². The van der Waals surface area contributed by atoms with Gasteiger partial charge in [0.1, 0.15) is 0 Å². The molecule has 0 atom stereocenters. The molecule has 1 saturated heterocycles. The molecular formula is C27H31N3O2S. The molecule has 2 aromatic carbocycles. The maximum Gasteiger partial charge on any atom is 0.223 e. The van der Waals surface area contributed by atoms with Gasteiger partial charge in [0.25, 0.3) is 0 Å². The van der Waals surface area contributed by atoms with E-state index in [0.29, 0.717) is 13.1 Å². The number of nitrogens with zero attached hydrogens (tertiary/aromatic N) is 3. The third kappa shape index (κ3) is 4.81. The highest BCUT2D eigenvalue weighted by Gasteiger charge is 2.24. The zero-order chi connectivity index (χ0) is 22.8. The fourth-order valence-electron chi connectivity index (χ4n) is 4.89. The lowest BCUT2D eigenvalue weighted by Crippen LogP contribution is -2.48. The van der Waals surface area contributed by atoms with Crippen LogP contribution in [0.15, 0.2) is 36.4 Å². The number of carbonyl (C=O) groups excluding carboxylic acids is 2. The van der Waals surface area contributed by atoms with E-state index in [2.05, 4.69) is 42.2 Å². The molecule has 6 heteroatoms. The summed E-state index contributed by atoms with van der Waals surface area (Å²) >= 11 is 1.73. The quantitative estimate of drug-likeness (QED) is 0.482. The Bertz CT molecular complexity index is 1180. The molecule has 172 valence electrons. The molecule has 2 heterocycles. The molecule has 0 saturated carbocycles. The average Bonchev–Trinajstić information content (AvgIpc) is 3.30. The van der Waals surface area contributed by atoms with Gasteiger partial charge < -0.3 is 9.80 Å². The molecule has 2 aliphatic rings. The van der Waals surface area contributed by atoms with E-state index in [0.717, 1.165) is 48.6 Å². The van der Waals surface area contributed by atoms with Crippen molar-refractivity contribution in [1.82, 2.24) is 9.88 Å². The molecule has 1 aliphatic carbocycles. The Morgan fingerprint density at radius 1 is 0.939 bits per heavy atom. The number of anilines is 1. The zero-order valence-electron chi connectivity index (χ0n) is 19.3. The minimum absolute atomic E-state index is 0.0799. The fourth-order valence-corrected chi connectivity index (χ4v) is 5.97. The SMILES string of the molecule is CCc1ccc2nc(N3CCN(C(=O)CCC(=O)c4ccc5c(c4)CCCC5)CC3)sc2c1. The summed E-state index contributed by atoms with van der Waals surface area (Å²) in [6.45, 7) is 5.10. The van der Waals surface area contributed by atoms with Crippen molar-refractivity contribution in [2.24, 2.45) is 0 Å². The lowest BCUT2D eigenvalue weighted by atomic mass is 9.89. The van der Waals surface area contributed by atoms with Crippen molar-refractivity contribution in [3.8, 4) is 0 Å². The summed E-state index contributed by atoms with van der Waals surface area (Å²) in [6.07, 6.45) is 6.22. The van der Waals surface area contributed by atoms with Crippen molar-refractivity contribution in [3.63, 3.8) is 0 Å². The molecule has 5 rings (SSSR count). The molecule has 3 aromatic rings. The first kappa shape index (κ1) is 22.1. The number of carbonyl (C=O) groups is 2. The third-order valence-corrected chi connectivity index (χ3v) is 8.07. The van der Waals surface area contributed by atoms with Gasteiger partial charge in [0.05, 0.1) is 10.2 Å². The second kappa shape index (κ2) is 9.64. The van der Waals surface area contributed by atoms with Crippen LogP contribution in [-0.2, 0) is 24.1 Å². The van der Waals surface area contributed by atoms with Crippen LogP contribution in [0.4, 0.5) is 5.13 Å². The van der Waals surface area contributed by atoms with E-state index >= 15 is 0 Å². The van der Waals surface area contributed by atoms with Crippen LogP contribution in [0.3, 0.4) is 0 Å². The molecule has 1 fully saturated rings. The highest BCUT2D eigenvalue weighted by atomic mass is 32.1. The lowest BCUT2D eigenvalue weighted by molar-refractivity contribution is -0.131. The predicted octanol–water partition coefficient (Wildman–Crippen LogP) is 5.05. The Hall–Kier alpha value is -2.73. The highest BCUT2D eigenvalue weighted by molar-refractivity contribution is 7.22. The summed E-state index contributed by atoms with van der Waals surface area (Å²) in [7, 11) is 0. The predicted molar refractivity (Wildman–Crippen MR) is 134 cm³/mol. The van der Waals surface area contributed by atoms with Crippen molar-refractivity contribution >= 4 is 38.4 Å². The van der Waals surface area contributed by atoms with Crippen LogP contribution >= 0.6 is 11.3 Å². The van der Waals surface area contributed by atoms with E-state index in [-0.39, 0.29) is 24.5 Å². The molecule has 1 amide bonds. The Balaban J connectivity index is 1.14. The second-order valence-corrected chi connectivity index (χ2v) is 10.1. The number of benzene rings is 2. The largest absolute Gasteiger partial charge is 0.345 e. The molecule has 33 heavy (non-hydrogen) atoms. The summed E-state index contributed by atoms with van der Waals surface area (Å²) < 4.78 is 1.23. The van der Waals surface area contributed by atoms with Gasteiger partial charge in [-0.05, 0) is 67.0 Å². The average molecular weight is 462 g/mol. The number of fused-ring (bicyclic) bond motifs is 2. The number of rotatable bonds is 6. The van der Waals surface area contributed by atoms with Gasteiger partial charge in [-0.25, -0.2) is 4.98 Å². The Morgan fingerprint density at radius 3 is 2.52 bits per heavy atom. The standard InChI is InChI=1S/C27H31N3O2S/c1-2-19-7-10-23-25(17-19)33-27(28-23)30-15-13-29(14-16-30)26(32)12-11-24(31)22-9-8-20-5-3-4-6-21(20)18-22/h7-10,17-18H,2-6,11-16H2,1H3. The van der Waals surface area contributed by atoms with E-state index in [9.17, 15) is 9.59 Å². The Kier molecular flexibility index (Phi) is 6.45. The third-order valence-electron chi connectivity index (χ3n) is 6.99. The molecule has 0 bridgehead atoms. The maximum absolute atomic E-state index is 12.8. The number of aromatic nitrogens is 1. The molecule has 0 N–H and O–H groups in total. The van der Waals surface area contributed by atoms with Gasteiger partial charge in [0, 0.05) is 44.6 Å². The summed E-state index contributed by atoms with van der Waals surface area (Å²) in [5, 5.41) is 1.04. The normalized spacial score (nSPS) is 16.2. The number of hydrogen-bond acceptors (Lipinski definition) is 5. The van der Waals surface area contributed by atoms with Crippen LogP contribution in [0.1, 0.15) is 59.7 Å². The topological polar surface area (TPSA) is 53.5 Å². The van der Waals surface area contributed by atoms with Crippen molar-refractivity contribution in [2.75, 3.05) is 31.1 Å². The smallest absolute Gasteiger partial charge is 0.223 e. The van der Waals surface area contributed by atoms with Crippen molar-refractivity contribution in [1.29, 1.82) is 0 Å². The maximum atomic E-state index is 12.8. The van der Waals surface area contributed by atoms with Gasteiger partial charge in [-0.3, -0.25) is 9.59 Å². The lowest BCUT2D eigenvalue weighted by Gasteiger charge is -2.34. The van der Waals surface area contributed by atoms with E-state index in [1.807, 2.05) is 11.0 Å². The number of amides is 1. The molecule has 0 spiro atoms. The van der Waals surface area contributed by atoms with E-state index in [1.165, 1.54) is 34.2 Å². The van der Waals surface area contributed by atoms with Crippen molar-refractivity contribution in [2.45, 2.75) is 51.9 Å². The molecule has 5 nitrogen and oxygen atoms in total. The number of thiazole rings is 1. The van der Waals surface area contributed by atoms with Crippen LogP contribution in [0.25, 0.3) is 10.2 Å². The summed E-state index contributed by atoms with van der Waals surface area (Å²) in [4.78, 5) is 34.4. The molecule has 1 aliphatic heterocycles. The number of aryl methyl sites for hydroxylation is 3. The number of piperazine rings is 1. The minimum atomic E-state index is 0.0799. The summed E-state index contributed by atoms with van der Waals surface area (Å²) in [6, 6.07) is 12.6. The first-order chi connectivity index (χ1) is 16.1. The van der Waals surface area contributed by atoms with Crippen LogP contribution in [0.5, 0.6) is 0 Å². The highest BCUT2D eigenvalue weighted by Crippen LogP contribution is 2.30. The first-order valence-corrected chi connectivity index (χ1v) is 13.0. The van der Waals surface area contributed by atoms with Gasteiger partial charge >= 0.3 is 0 Å². The van der Waals surface area contributed by atoms with Crippen LogP contribution in [0.2, 0.25) is 0 Å². The van der Waals surface area contributed by atoms with E-state index in [4.69, 9.17) is 4.98 Å². The molecule has 0 unspecified atom stereocenters. The van der Waals surface area contributed by atoms with Gasteiger partial charge in [-0.2, -0.15) is 0 Å². The number of hydrogen-bond donors (Lipinski definition) is 0. The Morgan fingerprint density at radius 2 is 1.73 bits per heavy atom. The van der Waals surface area contributed by atoms with Crippen molar-refractivity contribution in [3.05, 3.63) is 58.7 Å². The first-order valence-electron chi connectivity index (χ1n) is 12.2. The summed E-state index contributed by atoms with van der Waals surface area (Å²) in [5.41, 5.74) is 5.83. The fraction of sp³-hybridized carbons (Fsp3) is 0.444. The van der Waals surface area contributed by atoms with Gasteiger partial charge in [0.2, 0.25) is 5.91 Å². The van der Waals surface area contributed by atoms with Crippen molar-refractivity contribution < 1.29 is 9.59 Å². The van der Waals surface area contributed by atoms with Crippen LogP contribution in [0, 0.1) is 0 Å².